The maximum Gasteiger partial charge on any atom is 0.407 e. The second-order valence-corrected chi connectivity index (χ2v) is 9.22. The molecule has 1 aliphatic carbocycles. The van der Waals surface area contributed by atoms with Crippen molar-refractivity contribution in [1.29, 1.82) is 5.26 Å². The summed E-state index contributed by atoms with van der Waals surface area (Å²) in [6.45, 7) is 5.13. The molecule has 0 aromatic heterocycles. The summed E-state index contributed by atoms with van der Waals surface area (Å²) >= 11 is 6.69. The zero-order valence-corrected chi connectivity index (χ0v) is 19.9. The lowest BCUT2D eigenvalue weighted by Crippen LogP contribution is -2.48. The van der Waals surface area contributed by atoms with Crippen molar-refractivity contribution >= 4 is 17.7 Å². The summed E-state index contributed by atoms with van der Waals surface area (Å²) < 4.78 is 6.21. The van der Waals surface area contributed by atoms with Crippen molar-refractivity contribution < 1.29 is 14.6 Å². The molecule has 0 spiro atoms. The van der Waals surface area contributed by atoms with E-state index in [9.17, 15) is 15.2 Å². The number of rotatable bonds is 5. The van der Waals surface area contributed by atoms with Crippen LogP contribution in [-0.4, -0.2) is 35.8 Å². The summed E-state index contributed by atoms with van der Waals surface area (Å²) in [6.07, 6.45) is 0.750. The van der Waals surface area contributed by atoms with Gasteiger partial charge in [-0.05, 0) is 59.2 Å². The van der Waals surface area contributed by atoms with Gasteiger partial charge in [0.2, 0.25) is 0 Å². The van der Waals surface area contributed by atoms with E-state index in [1.54, 1.807) is 0 Å². The summed E-state index contributed by atoms with van der Waals surface area (Å²) in [6, 6.07) is 17.0. The van der Waals surface area contributed by atoms with Crippen LogP contribution in [0.25, 0.3) is 22.3 Å². The molecule has 34 heavy (non-hydrogen) atoms. The van der Waals surface area contributed by atoms with Crippen molar-refractivity contribution in [3.8, 4) is 34.1 Å². The van der Waals surface area contributed by atoms with Gasteiger partial charge in [-0.3, -0.25) is 0 Å². The fourth-order valence-electron chi connectivity index (χ4n) is 5.21. The van der Waals surface area contributed by atoms with Gasteiger partial charge in [0.25, 0.3) is 0 Å². The predicted molar refractivity (Wildman–Crippen MR) is 133 cm³/mol. The Bertz CT molecular complexity index is 1350. The van der Waals surface area contributed by atoms with E-state index in [0.717, 1.165) is 29.5 Å². The highest BCUT2D eigenvalue weighted by Crippen LogP contribution is 2.49. The fourth-order valence-corrected chi connectivity index (χ4v) is 5.46. The van der Waals surface area contributed by atoms with Gasteiger partial charge in [0.05, 0.1) is 17.2 Å². The van der Waals surface area contributed by atoms with Crippen LogP contribution >= 0.6 is 11.6 Å². The maximum atomic E-state index is 11.4. The van der Waals surface area contributed by atoms with Crippen molar-refractivity contribution in [3.05, 3.63) is 75.3 Å². The number of benzene rings is 3. The van der Waals surface area contributed by atoms with Crippen LogP contribution < -0.4 is 4.74 Å². The predicted octanol–water partition coefficient (Wildman–Crippen LogP) is 6.49. The van der Waals surface area contributed by atoms with Gasteiger partial charge < -0.3 is 14.7 Å². The molecular formula is C28H25ClN2O3. The maximum absolute atomic E-state index is 11.4. The average molecular weight is 473 g/mol. The van der Waals surface area contributed by atoms with Crippen LogP contribution in [-0.2, 0) is 12.8 Å². The first-order valence-electron chi connectivity index (χ1n) is 11.6. The van der Waals surface area contributed by atoms with Crippen LogP contribution in [0.5, 0.6) is 5.75 Å². The van der Waals surface area contributed by atoms with Crippen molar-refractivity contribution in [3.63, 3.8) is 0 Å². The van der Waals surface area contributed by atoms with E-state index in [1.165, 1.54) is 32.7 Å². The van der Waals surface area contributed by atoms with E-state index in [1.807, 2.05) is 13.0 Å². The monoisotopic (exact) mass is 472 g/mol. The Morgan fingerprint density at radius 2 is 1.85 bits per heavy atom. The van der Waals surface area contributed by atoms with E-state index in [0.29, 0.717) is 36.0 Å². The number of carboxylic acid groups (broad SMARTS) is 1. The van der Waals surface area contributed by atoms with Crippen LogP contribution in [0, 0.1) is 11.3 Å². The number of likely N-dealkylation sites (tertiary alicyclic amines) is 1. The summed E-state index contributed by atoms with van der Waals surface area (Å²) in [5.74, 6) is 0.509. The van der Waals surface area contributed by atoms with Gasteiger partial charge in [0, 0.05) is 30.1 Å². The standard InChI is InChI=1S/C28H25ClN2O3/c1-3-16-9-20-19-8-6-5-7-17(19)11-22(20)21(10-16)23-12-25(29)24(13-30)26(27(23)34-4-2)18-14-31(15-18)28(32)33/h5-10,12,18H,3-4,11,14-15H2,1-2H3,(H,32,33). The Hall–Kier alpha value is -3.49. The molecule has 1 heterocycles. The fraction of sp³-hybridized carbons (Fsp3) is 0.286. The van der Waals surface area contributed by atoms with Crippen LogP contribution in [0.3, 0.4) is 0 Å². The highest BCUT2D eigenvalue weighted by molar-refractivity contribution is 6.32. The molecule has 2 aliphatic rings. The molecule has 6 heteroatoms. The molecule has 1 saturated heterocycles. The van der Waals surface area contributed by atoms with E-state index in [4.69, 9.17) is 16.3 Å². The molecule has 0 radical (unpaired) electrons. The zero-order chi connectivity index (χ0) is 24.0. The van der Waals surface area contributed by atoms with Gasteiger partial charge in [0.15, 0.2) is 0 Å². The summed E-state index contributed by atoms with van der Waals surface area (Å²) in [7, 11) is 0. The van der Waals surface area contributed by atoms with E-state index in [-0.39, 0.29) is 5.92 Å². The number of fused-ring (bicyclic) bond motifs is 3. The Balaban J connectivity index is 1.74. The van der Waals surface area contributed by atoms with Crippen LogP contribution in [0.15, 0.2) is 42.5 Å². The highest BCUT2D eigenvalue weighted by atomic mass is 35.5. The van der Waals surface area contributed by atoms with Crippen molar-refractivity contribution in [2.75, 3.05) is 19.7 Å². The average Bonchev–Trinajstić information content (AvgIpc) is 3.17. The number of nitriles is 1. The van der Waals surface area contributed by atoms with Crippen LogP contribution in [0.2, 0.25) is 5.02 Å². The Morgan fingerprint density at radius 1 is 1.15 bits per heavy atom. The summed E-state index contributed by atoms with van der Waals surface area (Å²) in [5.41, 5.74) is 9.25. The molecule has 0 atom stereocenters. The van der Waals surface area contributed by atoms with Crippen LogP contribution in [0.4, 0.5) is 4.79 Å². The van der Waals surface area contributed by atoms with Gasteiger partial charge in [-0.2, -0.15) is 5.26 Å². The molecule has 3 aromatic rings. The smallest absolute Gasteiger partial charge is 0.407 e. The van der Waals surface area contributed by atoms with E-state index >= 15 is 0 Å². The normalized spacial score (nSPS) is 14.2. The molecule has 0 bridgehead atoms. The minimum atomic E-state index is -0.957. The molecule has 5 rings (SSSR count). The summed E-state index contributed by atoms with van der Waals surface area (Å²) in [4.78, 5) is 12.7. The van der Waals surface area contributed by atoms with Crippen LogP contribution in [0.1, 0.15) is 47.6 Å². The molecule has 5 nitrogen and oxygen atoms in total. The molecular weight excluding hydrogens is 448 g/mol. The van der Waals surface area contributed by atoms with Gasteiger partial charge in [0.1, 0.15) is 11.8 Å². The number of hydrogen-bond acceptors (Lipinski definition) is 3. The van der Waals surface area contributed by atoms with Gasteiger partial charge in [-0.15, -0.1) is 0 Å². The molecule has 172 valence electrons. The van der Waals surface area contributed by atoms with Crippen molar-refractivity contribution in [2.45, 2.75) is 32.6 Å². The Morgan fingerprint density at radius 3 is 2.50 bits per heavy atom. The lowest BCUT2D eigenvalue weighted by atomic mass is 9.83. The number of nitrogens with zero attached hydrogens (tertiary/aromatic N) is 2. The SMILES string of the molecule is CCOc1c(-c2cc(CC)cc3c2Cc2ccccc2-3)cc(Cl)c(C#N)c1C1CN(C(=O)O)C1. The largest absolute Gasteiger partial charge is 0.493 e. The minimum absolute atomic E-state index is 0.135. The topological polar surface area (TPSA) is 73.6 Å². The molecule has 1 N–H and O–H groups in total. The molecule has 1 amide bonds. The third-order valence-corrected chi connectivity index (χ3v) is 7.21. The molecule has 1 aliphatic heterocycles. The number of carbonyl (C=O) groups is 1. The van der Waals surface area contributed by atoms with E-state index < -0.39 is 6.09 Å². The Kier molecular flexibility index (Phi) is 5.71. The third-order valence-electron chi connectivity index (χ3n) is 6.91. The first-order chi connectivity index (χ1) is 16.5. The first kappa shape index (κ1) is 22.3. The number of ether oxygens (including phenoxy) is 1. The van der Waals surface area contributed by atoms with Gasteiger partial charge in [-0.25, -0.2) is 4.79 Å². The second kappa shape index (κ2) is 8.70. The second-order valence-electron chi connectivity index (χ2n) is 8.81. The zero-order valence-electron chi connectivity index (χ0n) is 19.2. The molecule has 0 saturated carbocycles. The molecule has 1 fully saturated rings. The third kappa shape index (κ3) is 3.50. The number of aryl methyl sites for hydroxylation is 1. The minimum Gasteiger partial charge on any atom is -0.493 e. The number of halogens is 1. The number of hydrogen-bond donors (Lipinski definition) is 1. The lowest BCUT2D eigenvalue weighted by molar-refractivity contribution is 0.104. The summed E-state index contributed by atoms with van der Waals surface area (Å²) in [5, 5.41) is 19.6. The molecule has 0 unspecified atom stereocenters. The van der Waals surface area contributed by atoms with Gasteiger partial charge >= 0.3 is 6.09 Å². The lowest BCUT2D eigenvalue weighted by Gasteiger charge is -2.38. The molecule has 3 aromatic carbocycles. The Labute approximate surface area is 204 Å². The first-order valence-corrected chi connectivity index (χ1v) is 12.0. The van der Waals surface area contributed by atoms with E-state index in [2.05, 4.69) is 49.4 Å². The highest BCUT2D eigenvalue weighted by Gasteiger charge is 2.37. The van der Waals surface area contributed by atoms with Crippen molar-refractivity contribution in [1.82, 2.24) is 4.90 Å². The van der Waals surface area contributed by atoms with Crippen molar-refractivity contribution in [2.24, 2.45) is 0 Å². The van der Waals surface area contributed by atoms with Gasteiger partial charge in [-0.1, -0.05) is 54.9 Å². The quantitative estimate of drug-likeness (QED) is 0.360. The number of amides is 1.